The van der Waals surface area contributed by atoms with Gasteiger partial charge in [0.2, 0.25) is 5.89 Å². The van der Waals surface area contributed by atoms with E-state index < -0.39 is 5.67 Å². The first-order valence-corrected chi connectivity index (χ1v) is 4.23. The maximum absolute atomic E-state index is 13.3. The monoisotopic (exact) mass is 187 g/mol. The Morgan fingerprint density at radius 2 is 2.15 bits per heavy atom. The van der Waals surface area contributed by atoms with E-state index in [2.05, 4.69) is 10.2 Å². The second-order valence-corrected chi connectivity index (χ2v) is 3.43. The Balaban J connectivity index is 2.87. The summed E-state index contributed by atoms with van der Waals surface area (Å²) in [6.45, 7) is 4.62. The summed E-state index contributed by atoms with van der Waals surface area (Å²) in [7, 11) is 0. The van der Waals surface area contributed by atoms with Gasteiger partial charge in [-0.3, -0.25) is 0 Å². The van der Waals surface area contributed by atoms with Crippen LogP contribution in [0.1, 0.15) is 45.0 Å². The van der Waals surface area contributed by atoms with Gasteiger partial charge in [-0.05, 0) is 20.3 Å². The van der Waals surface area contributed by atoms with Crippen LogP contribution in [0, 0.1) is 0 Å². The second kappa shape index (κ2) is 3.41. The Labute approximate surface area is 76.3 Å². The lowest BCUT2D eigenvalue weighted by atomic mass is 10.2. The van der Waals surface area contributed by atoms with Crippen LogP contribution in [0.4, 0.5) is 4.39 Å². The minimum atomic E-state index is -1.60. The van der Waals surface area contributed by atoms with Gasteiger partial charge >= 0.3 is 0 Å². The molecule has 4 nitrogen and oxygen atoms in total. The number of halogens is 1. The lowest BCUT2D eigenvalue weighted by molar-refractivity contribution is 0.165. The van der Waals surface area contributed by atoms with E-state index in [1.54, 1.807) is 0 Å². The molecule has 2 N–H and O–H groups in total. The van der Waals surface area contributed by atoms with Gasteiger partial charge in [-0.2, -0.15) is 0 Å². The van der Waals surface area contributed by atoms with Crippen LogP contribution in [0.15, 0.2) is 4.42 Å². The molecule has 0 fully saturated rings. The minimum Gasteiger partial charge on any atom is -0.420 e. The third-order valence-electron chi connectivity index (χ3n) is 1.71. The van der Waals surface area contributed by atoms with Crippen LogP contribution < -0.4 is 5.73 Å². The molecule has 13 heavy (non-hydrogen) atoms. The zero-order valence-corrected chi connectivity index (χ0v) is 8.04. The Bertz CT molecular complexity index is 279. The summed E-state index contributed by atoms with van der Waals surface area (Å²) >= 11 is 0. The smallest absolute Gasteiger partial charge is 0.253 e. The van der Waals surface area contributed by atoms with Crippen LogP contribution in [0.5, 0.6) is 0 Å². The molecule has 0 radical (unpaired) electrons. The predicted molar refractivity (Wildman–Crippen MR) is 45.7 cm³/mol. The molecule has 0 saturated heterocycles. The fraction of sp³-hybridized carbons (Fsp3) is 0.750. The maximum atomic E-state index is 13.3. The molecule has 1 unspecified atom stereocenters. The van der Waals surface area contributed by atoms with Gasteiger partial charge in [0.25, 0.3) is 5.89 Å². The van der Waals surface area contributed by atoms with Crippen molar-refractivity contribution in [3.05, 3.63) is 11.8 Å². The van der Waals surface area contributed by atoms with Gasteiger partial charge in [-0.15, -0.1) is 10.2 Å². The molecule has 0 aromatic carbocycles. The van der Waals surface area contributed by atoms with E-state index in [9.17, 15) is 4.39 Å². The van der Waals surface area contributed by atoms with Crippen molar-refractivity contribution in [2.24, 2.45) is 5.73 Å². The molecular weight excluding hydrogens is 173 g/mol. The van der Waals surface area contributed by atoms with Crippen molar-refractivity contribution < 1.29 is 8.81 Å². The predicted octanol–water partition coefficient (Wildman–Crippen LogP) is 1.68. The highest BCUT2D eigenvalue weighted by Gasteiger charge is 2.27. The SMILES string of the molecule is CCC(N)c1nnc(C(C)(C)F)o1. The Morgan fingerprint density at radius 3 is 2.54 bits per heavy atom. The number of alkyl halides is 1. The highest BCUT2D eigenvalue weighted by molar-refractivity contribution is 4.94. The zero-order valence-electron chi connectivity index (χ0n) is 8.04. The third-order valence-corrected chi connectivity index (χ3v) is 1.71. The summed E-state index contributed by atoms with van der Waals surface area (Å²) in [6, 6.07) is -0.302. The number of rotatable bonds is 3. The third kappa shape index (κ3) is 2.24. The standard InChI is InChI=1S/C8H14FN3O/c1-4-5(10)6-11-12-7(13-6)8(2,3)9/h5H,4,10H2,1-3H3. The summed E-state index contributed by atoms with van der Waals surface area (Å²) in [6.07, 6.45) is 0.689. The van der Waals surface area contributed by atoms with E-state index in [4.69, 9.17) is 10.2 Å². The summed E-state index contributed by atoms with van der Waals surface area (Å²) in [4.78, 5) is 0. The molecule has 0 bridgehead atoms. The van der Waals surface area contributed by atoms with Gasteiger partial charge in [0.15, 0.2) is 5.67 Å². The number of hydrogen-bond acceptors (Lipinski definition) is 4. The van der Waals surface area contributed by atoms with E-state index >= 15 is 0 Å². The second-order valence-electron chi connectivity index (χ2n) is 3.43. The molecule has 5 heteroatoms. The van der Waals surface area contributed by atoms with E-state index in [1.165, 1.54) is 13.8 Å². The average Bonchev–Trinajstić information content (AvgIpc) is 2.50. The van der Waals surface area contributed by atoms with E-state index in [1.807, 2.05) is 6.92 Å². The van der Waals surface area contributed by atoms with Gasteiger partial charge < -0.3 is 10.2 Å². The zero-order chi connectivity index (χ0) is 10.1. The molecule has 1 aromatic rings. The molecule has 1 aromatic heterocycles. The number of nitrogens with two attached hydrogens (primary N) is 1. The Hall–Kier alpha value is -0.970. The van der Waals surface area contributed by atoms with Crippen molar-refractivity contribution in [3.8, 4) is 0 Å². The van der Waals surface area contributed by atoms with Gasteiger partial charge in [0.05, 0.1) is 6.04 Å². The van der Waals surface area contributed by atoms with Crippen molar-refractivity contribution in [1.29, 1.82) is 0 Å². The van der Waals surface area contributed by atoms with Crippen LogP contribution in [0.3, 0.4) is 0 Å². The van der Waals surface area contributed by atoms with E-state index in [0.29, 0.717) is 12.3 Å². The van der Waals surface area contributed by atoms with Crippen molar-refractivity contribution >= 4 is 0 Å². The molecule has 1 heterocycles. The van der Waals surface area contributed by atoms with Crippen LogP contribution in [-0.4, -0.2) is 10.2 Å². The number of aromatic nitrogens is 2. The lowest BCUT2D eigenvalue weighted by Crippen LogP contribution is -2.10. The summed E-state index contributed by atoms with van der Waals surface area (Å²) in [5.74, 6) is 0.273. The fourth-order valence-corrected chi connectivity index (χ4v) is 0.799. The highest BCUT2D eigenvalue weighted by atomic mass is 19.1. The molecule has 0 saturated carbocycles. The van der Waals surface area contributed by atoms with Gasteiger partial charge in [0.1, 0.15) is 0 Å². The molecule has 0 aliphatic heterocycles. The van der Waals surface area contributed by atoms with Gasteiger partial charge in [0, 0.05) is 0 Å². The minimum absolute atomic E-state index is 0.0219. The van der Waals surface area contributed by atoms with Crippen LogP contribution in [0.25, 0.3) is 0 Å². The summed E-state index contributed by atoms with van der Waals surface area (Å²) in [5.41, 5.74) is 4.03. The quantitative estimate of drug-likeness (QED) is 0.781. The van der Waals surface area contributed by atoms with Crippen molar-refractivity contribution in [2.45, 2.75) is 38.9 Å². The number of nitrogens with zero attached hydrogens (tertiary/aromatic N) is 2. The van der Waals surface area contributed by atoms with Crippen LogP contribution in [0.2, 0.25) is 0 Å². The van der Waals surface area contributed by atoms with Crippen LogP contribution >= 0.6 is 0 Å². The van der Waals surface area contributed by atoms with E-state index in [-0.39, 0.29) is 11.9 Å². The largest absolute Gasteiger partial charge is 0.420 e. The highest BCUT2D eigenvalue weighted by Crippen LogP contribution is 2.24. The van der Waals surface area contributed by atoms with Gasteiger partial charge in [-0.1, -0.05) is 6.92 Å². The first kappa shape index (κ1) is 10.1. The average molecular weight is 187 g/mol. The van der Waals surface area contributed by atoms with Crippen molar-refractivity contribution in [1.82, 2.24) is 10.2 Å². The first-order valence-electron chi connectivity index (χ1n) is 4.23. The summed E-state index contributed by atoms with van der Waals surface area (Å²) < 4.78 is 18.3. The number of hydrogen-bond donors (Lipinski definition) is 1. The Morgan fingerprint density at radius 1 is 1.54 bits per heavy atom. The summed E-state index contributed by atoms with van der Waals surface area (Å²) in [5, 5.41) is 7.26. The molecule has 0 aliphatic carbocycles. The molecule has 0 spiro atoms. The maximum Gasteiger partial charge on any atom is 0.253 e. The topological polar surface area (TPSA) is 64.9 Å². The van der Waals surface area contributed by atoms with Crippen molar-refractivity contribution in [3.63, 3.8) is 0 Å². The van der Waals surface area contributed by atoms with Gasteiger partial charge in [-0.25, -0.2) is 4.39 Å². The molecule has 0 aliphatic rings. The first-order chi connectivity index (χ1) is 5.95. The molecule has 1 atom stereocenters. The molecule has 0 amide bonds. The normalized spacial score (nSPS) is 14.5. The van der Waals surface area contributed by atoms with Crippen molar-refractivity contribution in [2.75, 3.05) is 0 Å². The molecule has 1 rings (SSSR count). The van der Waals surface area contributed by atoms with E-state index in [0.717, 1.165) is 0 Å². The molecular formula is C8H14FN3O. The lowest BCUT2D eigenvalue weighted by Gasteiger charge is -2.07. The fourth-order valence-electron chi connectivity index (χ4n) is 0.799. The van der Waals surface area contributed by atoms with Crippen LogP contribution in [-0.2, 0) is 5.67 Å². The molecule has 74 valence electrons. The Kier molecular flexibility index (Phi) is 2.66.